The van der Waals surface area contributed by atoms with Gasteiger partial charge in [-0.25, -0.2) is 13.5 Å². The molecule has 1 aromatic carbocycles. The monoisotopic (exact) mass is 271 g/mol. The van der Waals surface area contributed by atoms with Gasteiger partial charge in [0.15, 0.2) is 0 Å². The number of benzene rings is 1. The summed E-state index contributed by atoms with van der Waals surface area (Å²) in [6.45, 7) is 0.354. The summed E-state index contributed by atoms with van der Waals surface area (Å²) in [4.78, 5) is 0. The summed E-state index contributed by atoms with van der Waals surface area (Å²) in [5, 5.41) is 7.41. The Morgan fingerprint density at radius 1 is 1.33 bits per heavy atom. The Labute approximate surface area is 108 Å². The minimum absolute atomic E-state index is 0.0910. The number of aromatic nitrogens is 2. The predicted molar refractivity (Wildman–Crippen MR) is 66.3 cm³/mol. The van der Waals surface area contributed by atoms with Crippen LogP contribution in [-0.2, 0) is 6.54 Å². The Morgan fingerprint density at radius 3 is 2.56 bits per heavy atom. The summed E-state index contributed by atoms with van der Waals surface area (Å²) in [5.41, 5.74) is 0.964. The van der Waals surface area contributed by atoms with Crippen LogP contribution in [0.2, 0.25) is 5.02 Å². The maximum atomic E-state index is 13.1. The Bertz CT molecular complexity index is 523. The lowest BCUT2D eigenvalue weighted by Gasteiger charge is -2.08. The first-order valence-corrected chi connectivity index (χ1v) is 5.76. The van der Waals surface area contributed by atoms with Crippen LogP contribution in [0.3, 0.4) is 0 Å². The zero-order valence-corrected chi connectivity index (χ0v) is 10.5. The van der Waals surface area contributed by atoms with Crippen molar-refractivity contribution in [3.05, 3.63) is 46.7 Å². The van der Waals surface area contributed by atoms with Gasteiger partial charge in [-0.1, -0.05) is 11.6 Å². The van der Waals surface area contributed by atoms with Crippen LogP contribution in [0, 0.1) is 0 Å². The van der Waals surface area contributed by atoms with E-state index in [4.69, 9.17) is 11.6 Å². The number of nitrogens with one attached hydrogen (secondary N) is 1. The molecule has 0 fully saturated rings. The SMILES string of the molecule is CNCc1cnn(-c2ccc(Cl)cc2)c1C(F)F. The molecular weight excluding hydrogens is 260 g/mol. The van der Waals surface area contributed by atoms with Gasteiger partial charge < -0.3 is 5.32 Å². The van der Waals surface area contributed by atoms with Gasteiger partial charge in [0.2, 0.25) is 0 Å². The molecule has 0 bridgehead atoms. The van der Waals surface area contributed by atoms with Gasteiger partial charge >= 0.3 is 0 Å². The first kappa shape index (κ1) is 13.0. The first-order chi connectivity index (χ1) is 8.63. The molecule has 0 saturated carbocycles. The molecule has 2 rings (SSSR count). The average molecular weight is 272 g/mol. The van der Waals surface area contributed by atoms with Crippen LogP contribution in [0.15, 0.2) is 30.5 Å². The van der Waals surface area contributed by atoms with E-state index in [0.717, 1.165) is 0 Å². The third-order valence-electron chi connectivity index (χ3n) is 2.53. The number of hydrogen-bond donors (Lipinski definition) is 1. The van der Waals surface area contributed by atoms with Crippen LogP contribution in [0.25, 0.3) is 5.69 Å². The van der Waals surface area contributed by atoms with E-state index in [9.17, 15) is 8.78 Å². The lowest BCUT2D eigenvalue weighted by Crippen LogP contribution is -2.09. The number of halogens is 3. The predicted octanol–water partition coefficient (Wildman–Crippen LogP) is 3.18. The highest BCUT2D eigenvalue weighted by molar-refractivity contribution is 6.30. The maximum Gasteiger partial charge on any atom is 0.280 e. The normalized spacial score (nSPS) is 11.2. The molecule has 6 heteroatoms. The fourth-order valence-corrected chi connectivity index (χ4v) is 1.87. The van der Waals surface area contributed by atoms with Gasteiger partial charge in [-0.15, -0.1) is 0 Å². The fraction of sp³-hybridized carbons (Fsp3) is 0.250. The molecule has 18 heavy (non-hydrogen) atoms. The maximum absolute atomic E-state index is 13.1. The van der Waals surface area contributed by atoms with Crippen molar-refractivity contribution in [2.75, 3.05) is 7.05 Å². The largest absolute Gasteiger partial charge is 0.316 e. The van der Waals surface area contributed by atoms with Gasteiger partial charge in [-0.3, -0.25) is 0 Å². The van der Waals surface area contributed by atoms with Crippen molar-refractivity contribution in [2.24, 2.45) is 0 Å². The van der Waals surface area contributed by atoms with E-state index in [1.807, 2.05) is 0 Å². The summed E-state index contributed by atoms with van der Waals surface area (Å²) in [5.74, 6) is 0. The second-order valence-corrected chi connectivity index (χ2v) is 4.21. The molecule has 0 aliphatic carbocycles. The second kappa shape index (κ2) is 5.46. The minimum atomic E-state index is -2.58. The van der Waals surface area contributed by atoms with Crippen molar-refractivity contribution < 1.29 is 8.78 Å². The highest BCUT2D eigenvalue weighted by Gasteiger charge is 2.20. The molecule has 1 N–H and O–H groups in total. The summed E-state index contributed by atoms with van der Waals surface area (Å²) in [6.07, 6.45) is -1.13. The standard InChI is InChI=1S/C12H12ClF2N3/c1-16-6-8-7-17-18(11(8)12(14)15)10-4-2-9(13)3-5-10/h2-5,7,12,16H,6H2,1H3. The van der Waals surface area contributed by atoms with Crippen LogP contribution in [-0.4, -0.2) is 16.8 Å². The van der Waals surface area contributed by atoms with Crippen LogP contribution >= 0.6 is 11.6 Å². The van der Waals surface area contributed by atoms with Crippen LogP contribution in [0.5, 0.6) is 0 Å². The van der Waals surface area contributed by atoms with E-state index >= 15 is 0 Å². The molecule has 0 spiro atoms. The molecule has 96 valence electrons. The Kier molecular flexibility index (Phi) is 3.93. The van der Waals surface area contributed by atoms with Crippen LogP contribution < -0.4 is 5.32 Å². The average Bonchev–Trinajstić information content (AvgIpc) is 2.74. The van der Waals surface area contributed by atoms with Gasteiger partial charge in [0.05, 0.1) is 11.9 Å². The lowest BCUT2D eigenvalue weighted by molar-refractivity contribution is 0.141. The molecule has 1 heterocycles. The van der Waals surface area contributed by atoms with Crippen molar-refractivity contribution in [3.63, 3.8) is 0 Å². The van der Waals surface area contributed by atoms with Crippen molar-refractivity contribution in [3.8, 4) is 5.69 Å². The quantitative estimate of drug-likeness (QED) is 0.926. The fourth-order valence-electron chi connectivity index (χ4n) is 1.74. The van der Waals surface area contributed by atoms with E-state index in [0.29, 0.717) is 22.8 Å². The lowest BCUT2D eigenvalue weighted by atomic mass is 10.2. The van der Waals surface area contributed by atoms with Gasteiger partial charge in [0, 0.05) is 17.1 Å². The van der Waals surface area contributed by atoms with Gasteiger partial charge in [-0.2, -0.15) is 5.10 Å². The van der Waals surface area contributed by atoms with E-state index in [-0.39, 0.29) is 5.69 Å². The van der Waals surface area contributed by atoms with Crippen LogP contribution in [0.1, 0.15) is 17.7 Å². The van der Waals surface area contributed by atoms with Crippen LogP contribution in [0.4, 0.5) is 8.78 Å². The van der Waals surface area contributed by atoms with Crippen molar-refractivity contribution in [2.45, 2.75) is 13.0 Å². The summed E-state index contributed by atoms with van der Waals surface area (Å²) < 4.78 is 27.4. The van der Waals surface area contributed by atoms with Gasteiger partial charge in [-0.05, 0) is 31.3 Å². The molecule has 1 aromatic heterocycles. The smallest absolute Gasteiger partial charge is 0.280 e. The molecule has 0 atom stereocenters. The zero-order chi connectivity index (χ0) is 13.1. The zero-order valence-electron chi connectivity index (χ0n) is 9.70. The summed E-state index contributed by atoms with van der Waals surface area (Å²) in [6, 6.07) is 6.60. The Hall–Kier alpha value is -1.46. The third kappa shape index (κ3) is 2.52. The summed E-state index contributed by atoms with van der Waals surface area (Å²) >= 11 is 5.77. The minimum Gasteiger partial charge on any atom is -0.316 e. The van der Waals surface area contributed by atoms with Crippen molar-refractivity contribution >= 4 is 11.6 Å². The molecular formula is C12H12ClF2N3. The Morgan fingerprint density at radius 2 is 2.00 bits per heavy atom. The van der Waals surface area contributed by atoms with Crippen molar-refractivity contribution in [1.29, 1.82) is 0 Å². The van der Waals surface area contributed by atoms with Gasteiger partial charge in [0.25, 0.3) is 6.43 Å². The number of nitrogens with zero attached hydrogens (tertiary/aromatic N) is 2. The van der Waals surface area contributed by atoms with E-state index in [2.05, 4.69) is 10.4 Å². The highest BCUT2D eigenvalue weighted by Crippen LogP contribution is 2.26. The number of alkyl halides is 2. The molecule has 3 nitrogen and oxygen atoms in total. The summed E-state index contributed by atoms with van der Waals surface area (Å²) in [7, 11) is 1.70. The van der Waals surface area contributed by atoms with Crippen molar-refractivity contribution in [1.82, 2.24) is 15.1 Å². The van der Waals surface area contributed by atoms with E-state index in [1.54, 1.807) is 31.3 Å². The third-order valence-corrected chi connectivity index (χ3v) is 2.78. The highest BCUT2D eigenvalue weighted by atomic mass is 35.5. The topological polar surface area (TPSA) is 29.9 Å². The number of hydrogen-bond acceptors (Lipinski definition) is 2. The second-order valence-electron chi connectivity index (χ2n) is 3.77. The van der Waals surface area contributed by atoms with Gasteiger partial charge in [0.1, 0.15) is 5.69 Å². The molecule has 0 aliphatic heterocycles. The molecule has 0 unspecified atom stereocenters. The first-order valence-electron chi connectivity index (χ1n) is 5.39. The van der Waals surface area contributed by atoms with E-state index in [1.165, 1.54) is 10.9 Å². The molecule has 2 aromatic rings. The molecule has 0 radical (unpaired) electrons. The number of rotatable bonds is 4. The molecule has 0 saturated heterocycles. The molecule has 0 aliphatic rings. The Balaban J connectivity index is 2.47. The molecule has 0 amide bonds. The van der Waals surface area contributed by atoms with E-state index < -0.39 is 6.43 Å².